The first-order chi connectivity index (χ1) is 9.24. The van der Waals surface area contributed by atoms with Crippen LogP contribution in [-0.2, 0) is 4.74 Å². The standard InChI is InChI=1S/C14H17N3OS/c1-10-15-13-4-3-11(9-12(13)14(19)16-10)17-5-2-7-18-8-6-17/h3-4,9H,2,5-8H2,1H3,(H,15,16,19). The van der Waals surface area contributed by atoms with Gasteiger partial charge in [-0.2, -0.15) is 0 Å². The van der Waals surface area contributed by atoms with Gasteiger partial charge in [0.25, 0.3) is 0 Å². The molecule has 3 rings (SSSR count). The second-order valence-corrected chi connectivity index (χ2v) is 5.20. The van der Waals surface area contributed by atoms with Gasteiger partial charge >= 0.3 is 0 Å². The Hall–Kier alpha value is -1.46. The Morgan fingerprint density at radius 3 is 3.11 bits per heavy atom. The maximum absolute atomic E-state index is 5.49. The Morgan fingerprint density at radius 1 is 1.32 bits per heavy atom. The molecule has 0 unspecified atom stereocenters. The van der Waals surface area contributed by atoms with Gasteiger partial charge in [-0.25, -0.2) is 4.98 Å². The van der Waals surface area contributed by atoms with Crippen molar-refractivity contribution in [3.05, 3.63) is 28.7 Å². The minimum Gasteiger partial charge on any atom is -0.380 e. The molecule has 19 heavy (non-hydrogen) atoms. The fraction of sp³-hybridized carbons (Fsp3) is 0.429. The molecule has 5 heteroatoms. The molecule has 100 valence electrons. The average Bonchev–Trinajstić information content (AvgIpc) is 2.67. The third kappa shape index (κ3) is 2.62. The normalized spacial score (nSPS) is 16.6. The molecule has 2 heterocycles. The molecule has 1 aliphatic heterocycles. The molecule has 1 aromatic carbocycles. The summed E-state index contributed by atoms with van der Waals surface area (Å²) >= 11 is 5.35. The fourth-order valence-corrected chi connectivity index (χ4v) is 2.76. The number of hydrogen-bond donors (Lipinski definition) is 1. The summed E-state index contributed by atoms with van der Waals surface area (Å²) in [6.07, 6.45) is 1.07. The lowest BCUT2D eigenvalue weighted by Gasteiger charge is -2.22. The number of aryl methyl sites for hydroxylation is 1. The van der Waals surface area contributed by atoms with Crippen molar-refractivity contribution in [2.75, 3.05) is 31.2 Å². The Morgan fingerprint density at radius 2 is 2.21 bits per heavy atom. The van der Waals surface area contributed by atoms with Gasteiger partial charge in [-0.15, -0.1) is 0 Å². The van der Waals surface area contributed by atoms with Crippen LogP contribution in [0.3, 0.4) is 0 Å². The number of fused-ring (bicyclic) bond motifs is 1. The van der Waals surface area contributed by atoms with E-state index in [0.29, 0.717) is 4.64 Å². The highest BCUT2D eigenvalue weighted by Crippen LogP contribution is 2.22. The summed E-state index contributed by atoms with van der Waals surface area (Å²) in [5, 5.41) is 1.02. The largest absolute Gasteiger partial charge is 0.380 e. The number of nitrogens with zero attached hydrogens (tertiary/aromatic N) is 2. The average molecular weight is 275 g/mol. The molecular weight excluding hydrogens is 258 g/mol. The van der Waals surface area contributed by atoms with Crippen LogP contribution in [0.4, 0.5) is 5.69 Å². The van der Waals surface area contributed by atoms with Crippen LogP contribution in [0.15, 0.2) is 18.2 Å². The topological polar surface area (TPSA) is 41.2 Å². The maximum atomic E-state index is 5.49. The van der Waals surface area contributed by atoms with Crippen LogP contribution in [0.5, 0.6) is 0 Å². The third-order valence-electron chi connectivity index (χ3n) is 3.41. The molecule has 1 aromatic heterocycles. The lowest BCUT2D eigenvalue weighted by atomic mass is 10.2. The summed E-state index contributed by atoms with van der Waals surface area (Å²) in [6, 6.07) is 6.35. The fourth-order valence-electron chi connectivity index (χ4n) is 2.45. The van der Waals surface area contributed by atoms with E-state index in [2.05, 4.69) is 33.1 Å². The van der Waals surface area contributed by atoms with Gasteiger partial charge < -0.3 is 14.6 Å². The predicted molar refractivity (Wildman–Crippen MR) is 79.3 cm³/mol. The molecule has 0 atom stereocenters. The summed E-state index contributed by atoms with van der Waals surface area (Å²) in [5.41, 5.74) is 2.25. The lowest BCUT2D eigenvalue weighted by molar-refractivity contribution is 0.152. The smallest absolute Gasteiger partial charge is 0.137 e. The van der Waals surface area contributed by atoms with Gasteiger partial charge in [0.1, 0.15) is 10.5 Å². The molecule has 0 bridgehead atoms. The molecule has 0 radical (unpaired) electrons. The van der Waals surface area contributed by atoms with Gasteiger partial charge in [-0.3, -0.25) is 0 Å². The van der Waals surface area contributed by atoms with Crippen LogP contribution in [-0.4, -0.2) is 36.3 Å². The zero-order chi connectivity index (χ0) is 13.2. The van der Waals surface area contributed by atoms with Crippen molar-refractivity contribution in [2.24, 2.45) is 0 Å². The molecule has 0 aliphatic carbocycles. The maximum Gasteiger partial charge on any atom is 0.137 e. The summed E-state index contributed by atoms with van der Waals surface area (Å²) in [4.78, 5) is 9.92. The number of H-pyrrole nitrogens is 1. The van der Waals surface area contributed by atoms with Crippen molar-refractivity contribution in [3.63, 3.8) is 0 Å². The van der Waals surface area contributed by atoms with E-state index >= 15 is 0 Å². The number of nitrogens with one attached hydrogen (secondary N) is 1. The van der Waals surface area contributed by atoms with Crippen molar-refractivity contribution >= 4 is 28.8 Å². The van der Waals surface area contributed by atoms with Crippen molar-refractivity contribution in [2.45, 2.75) is 13.3 Å². The number of rotatable bonds is 1. The summed E-state index contributed by atoms with van der Waals surface area (Å²) < 4.78 is 6.16. The molecule has 4 nitrogen and oxygen atoms in total. The van der Waals surface area contributed by atoms with Crippen LogP contribution in [0, 0.1) is 11.6 Å². The number of benzene rings is 1. The summed E-state index contributed by atoms with van der Waals surface area (Å²) in [5.74, 6) is 0.855. The predicted octanol–water partition coefficient (Wildman–Crippen LogP) is 2.83. The van der Waals surface area contributed by atoms with Crippen LogP contribution in [0.25, 0.3) is 10.9 Å². The highest BCUT2D eigenvalue weighted by molar-refractivity contribution is 7.71. The van der Waals surface area contributed by atoms with E-state index < -0.39 is 0 Å². The summed E-state index contributed by atoms with van der Waals surface area (Å²) in [7, 11) is 0. The van der Waals surface area contributed by atoms with Crippen LogP contribution < -0.4 is 4.90 Å². The third-order valence-corrected chi connectivity index (χ3v) is 3.72. The monoisotopic (exact) mass is 275 g/mol. The Labute approximate surface area is 117 Å². The minimum atomic E-state index is 0.666. The van der Waals surface area contributed by atoms with E-state index in [1.165, 1.54) is 5.69 Å². The molecule has 0 saturated carbocycles. The molecule has 1 saturated heterocycles. The van der Waals surface area contributed by atoms with E-state index in [1.54, 1.807) is 0 Å². The van der Waals surface area contributed by atoms with Crippen LogP contribution in [0.2, 0.25) is 0 Å². The van der Waals surface area contributed by atoms with E-state index in [1.807, 2.05) is 6.92 Å². The molecule has 2 aromatic rings. The van der Waals surface area contributed by atoms with Gasteiger partial charge in [0.05, 0.1) is 6.61 Å². The van der Waals surface area contributed by atoms with Gasteiger partial charge in [0, 0.05) is 36.3 Å². The van der Waals surface area contributed by atoms with Crippen molar-refractivity contribution < 1.29 is 4.74 Å². The van der Waals surface area contributed by atoms with E-state index in [9.17, 15) is 0 Å². The Kier molecular flexibility index (Phi) is 3.48. The van der Waals surface area contributed by atoms with Gasteiger partial charge in [0.2, 0.25) is 0 Å². The molecule has 1 aliphatic rings. The highest BCUT2D eigenvalue weighted by Gasteiger charge is 2.11. The van der Waals surface area contributed by atoms with Gasteiger partial charge in [-0.05, 0) is 31.5 Å². The van der Waals surface area contributed by atoms with Crippen LogP contribution >= 0.6 is 12.2 Å². The molecule has 1 N–H and O–H groups in total. The second kappa shape index (κ2) is 5.27. The van der Waals surface area contributed by atoms with E-state index in [-0.39, 0.29) is 0 Å². The number of anilines is 1. The first-order valence-electron chi connectivity index (χ1n) is 6.57. The quantitative estimate of drug-likeness (QED) is 0.813. The lowest BCUT2D eigenvalue weighted by Crippen LogP contribution is -2.25. The zero-order valence-corrected chi connectivity index (χ0v) is 11.8. The number of aromatic nitrogens is 2. The first-order valence-corrected chi connectivity index (χ1v) is 6.98. The van der Waals surface area contributed by atoms with Gasteiger partial charge in [-0.1, -0.05) is 12.2 Å². The number of ether oxygens (including phenoxy) is 1. The Balaban J connectivity index is 2.03. The highest BCUT2D eigenvalue weighted by atomic mass is 32.1. The molecule has 0 amide bonds. The molecule has 0 spiro atoms. The van der Waals surface area contributed by atoms with Crippen molar-refractivity contribution in [1.82, 2.24) is 9.97 Å². The number of hydrogen-bond acceptors (Lipinski definition) is 4. The minimum absolute atomic E-state index is 0.666. The molecule has 1 fully saturated rings. The van der Waals surface area contributed by atoms with E-state index in [0.717, 1.165) is 49.5 Å². The zero-order valence-electron chi connectivity index (χ0n) is 11.0. The van der Waals surface area contributed by atoms with Gasteiger partial charge in [0.15, 0.2) is 0 Å². The summed E-state index contributed by atoms with van der Waals surface area (Å²) in [6.45, 7) is 5.53. The van der Waals surface area contributed by atoms with Crippen molar-refractivity contribution in [1.29, 1.82) is 0 Å². The molecular formula is C14H17N3OS. The van der Waals surface area contributed by atoms with Crippen molar-refractivity contribution in [3.8, 4) is 0 Å². The van der Waals surface area contributed by atoms with Crippen LogP contribution in [0.1, 0.15) is 12.2 Å². The number of aromatic amines is 1. The second-order valence-electron chi connectivity index (χ2n) is 4.81. The first kappa shape index (κ1) is 12.6. The Bertz CT molecular complexity index is 645. The SMILES string of the molecule is Cc1nc(=S)c2cc(N3CCCOCC3)ccc2[nH]1. The van der Waals surface area contributed by atoms with E-state index in [4.69, 9.17) is 17.0 Å².